The zero-order valence-electron chi connectivity index (χ0n) is 23.9. The lowest BCUT2D eigenvalue weighted by Crippen LogP contribution is -2.22. The van der Waals surface area contributed by atoms with Crippen LogP contribution in [0, 0.1) is 0 Å². The second-order valence-corrected chi connectivity index (χ2v) is 12.3. The molecule has 6 nitrogen and oxygen atoms in total. The van der Waals surface area contributed by atoms with E-state index in [1.54, 1.807) is 30.3 Å². The highest BCUT2D eigenvalue weighted by molar-refractivity contribution is 7.91. The van der Waals surface area contributed by atoms with Crippen molar-refractivity contribution in [3.05, 3.63) is 158 Å². The van der Waals surface area contributed by atoms with Crippen molar-refractivity contribution in [2.24, 2.45) is 0 Å². The van der Waals surface area contributed by atoms with E-state index in [9.17, 15) is 8.42 Å². The molecule has 0 saturated carbocycles. The van der Waals surface area contributed by atoms with E-state index in [4.69, 9.17) is 9.47 Å². The number of para-hydroxylation sites is 6. The number of anilines is 5. The molecule has 0 aromatic heterocycles. The molecular formula is C37H28N2O4S. The van der Waals surface area contributed by atoms with Crippen molar-refractivity contribution in [3.63, 3.8) is 0 Å². The molecule has 0 unspecified atom stereocenters. The minimum absolute atomic E-state index is 0.214. The molecule has 5 aromatic rings. The van der Waals surface area contributed by atoms with Gasteiger partial charge in [-0.3, -0.25) is 0 Å². The Morgan fingerprint density at radius 2 is 1.02 bits per heavy atom. The van der Waals surface area contributed by atoms with Crippen molar-refractivity contribution in [1.82, 2.24) is 0 Å². The molecule has 44 heavy (non-hydrogen) atoms. The first-order chi connectivity index (χ1) is 21.5. The van der Waals surface area contributed by atoms with E-state index in [1.807, 2.05) is 116 Å². The van der Waals surface area contributed by atoms with Crippen molar-refractivity contribution in [2.45, 2.75) is 16.7 Å². The highest BCUT2D eigenvalue weighted by atomic mass is 32.2. The number of ether oxygens (including phenoxy) is 2. The second-order valence-electron chi connectivity index (χ2n) is 10.3. The number of rotatable bonds is 6. The van der Waals surface area contributed by atoms with Gasteiger partial charge in [0.15, 0.2) is 17.2 Å². The molecule has 2 aliphatic heterocycles. The summed E-state index contributed by atoms with van der Waals surface area (Å²) >= 11 is 0. The van der Waals surface area contributed by atoms with Crippen LogP contribution in [0.4, 0.5) is 28.4 Å². The van der Waals surface area contributed by atoms with Gasteiger partial charge in [-0.15, -0.1) is 0 Å². The van der Waals surface area contributed by atoms with Crippen LogP contribution in [0.25, 0.3) is 0 Å². The van der Waals surface area contributed by atoms with Crippen LogP contribution >= 0.6 is 0 Å². The van der Waals surface area contributed by atoms with Crippen molar-refractivity contribution >= 4 is 38.3 Å². The number of nitrogens with zero attached hydrogens (tertiary/aromatic N) is 2. The fraction of sp³-hybridized carbons (Fsp3) is 0.0270. The quantitative estimate of drug-likeness (QED) is 0.179. The van der Waals surface area contributed by atoms with Crippen LogP contribution in [0.5, 0.6) is 17.2 Å². The van der Waals surface area contributed by atoms with Gasteiger partial charge in [0.2, 0.25) is 9.84 Å². The number of allylic oxidation sites excluding steroid dienone is 4. The minimum atomic E-state index is -3.77. The number of sulfone groups is 1. The Hall–Kier alpha value is -5.53. The first-order valence-electron chi connectivity index (χ1n) is 14.1. The summed E-state index contributed by atoms with van der Waals surface area (Å²) in [5, 5.41) is 0. The largest absolute Gasteiger partial charge is 0.453 e. The average molecular weight is 597 g/mol. The SMILES string of the molecule is C=C/C=C\C1=C(C)N(c2ccc(S(=O)(=O)c3ccc(N4c5ccccc5Oc5ccccc54)cc3)cc2)c2ccccc2O1. The van der Waals surface area contributed by atoms with Crippen molar-refractivity contribution in [3.8, 4) is 17.2 Å². The fourth-order valence-electron chi connectivity index (χ4n) is 5.52. The molecule has 0 N–H and O–H groups in total. The first kappa shape index (κ1) is 27.3. The Labute approximate surface area is 257 Å². The van der Waals surface area contributed by atoms with Gasteiger partial charge in [0.05, 0.1) is 32.6 Å². The van der Waals surface area contributed by atoms with Crippen molar-refractivity contribution < 1.29 is 17.9 Å². The van der Waals surface area contributed by atoms with Crippen molar-refractivity contribution in [1.29, 1.82) is 0 Å². The fourth-order valence-corrected chi connectivity index (χ4v) is 6.78. The molecule has 0 saturated heterocycles. The lowest BCUT2D eigenvalue weighted by molar-refractivity contribution is 0.428. The van der Waals surface area contributed by atoms with E-state index >= 15 is 0 Å². The summed E-state index contributed by atoms with van der Waals surface area (Å²) in [5.41, 5.74) is 5.17. The van der Waals surface area contributed by atoms with Crippen LogP contribution < -0.4 is 19.3 Å². The van der Waals surface area contributed by atoms with Crippen LogP contribution in [-0.2, 0) is 9.84 Å². The predicted octanol–water partition coefficient (Wildman–Crippen LogP) is 9.60. The van der Waals surface area contributed by atoms with Crippen LogP contribution in [0.1, 0.15) is 6.92 Å². The average Bonchev–Trinajstić information content (AvgIpc) is 3.06. The smallest absolute Gasteiger partial charge is 0.206 e. The highest BCUT2D eigenvalue weighted by Gasteiger charge is 2.27. The van der Waals surface area contributed by atoms with Gasteiger partial charge in [0, 0.05) is 11.4 Å². The zero-order chi connectivity index (χ0) is 30.3. The zero-order valence-corrected chi connectivity index (χ0v) is 24.7. The molecule has 0 atom stereocenters. The summed E-state index contributed by atoms with van der Waals surface area (Å²) < 4.78 is 39.7. The maximum atomic E-state index is 13.7. The maximum absolute atomic E-state index is 13.7. The van der Waals surface area contributed by atoms with Gasteiger partial charge in [0.1, 0.15) is 5.76 Å². The van der Waals surface area contributed by atoms with Gasteiger partial charge in [-0.25, -0.2) is 8.42 Å². The number of hydrogen-bond donors (Lipinski definition) is 0. The lowest BCUT2D eigenvalue weighted by Gasteiger charge is -2.33. The number of benzene rings is 5. The summed E-state index contributed by atoms with van der Waals surface area (Å²) in [6.45, 7) is 5.72. The van der Waals surface area contributed by atoms with Crippen LogP contribution in [0.2, 0.25) is 0 Å². The van der Waals surface area contributed by atoms with Gasteiger partial charge in [-0.1, -0.05) is 55.1 Å². The van der Waals surface area contributed by atoms with Crippen molar-refractivity contribution in [2.75, 3.05) is 9.80 Å². The third-order valence-electron chi connectivity index (χ3n) is 7.64. The number of hydrogen-bond acceptors (Lipinski definition) is 6. The highest BCUT2D eigenvalue weighted by Crippen LogP contribution is 2.50. The molecule has 0 bridgehead atoms. The standard InChI is InChI=1S/C37H28N2O4S/c1-3-4-14-34-26(2)38(31-11-5-8-15-35(31)42-34)27-18-22-29(23-19-27)44(40,41)30-24-20-28(21-25-30)39-32-12-6-9-16-36(32)43-37-17-10-7-13-33(37)39/h3-25H,1H2,2H3/b14-4-. The van der Waals surface area contributed by atoms with E-state index in [1.165, 1.54) is 0 Å². The van der Waals surface area contributed by atoms with E-state index in [-0.39, 0.29) is 9.79 Å². The van der Waals surface area contributed by atoms with Gasteiger partial charge in [-0.2, -0.15) is 0 Å². The molecule has 0 amide bonds. The van der Waals surface area contributed by atoms with E-state index < -0.39 is 9.84 Å². The van der Waals surface area contributed by atoms with E-state index in [2.05, 4.69) is 16.4 Å². The number of fused-ring (bicyclic) bond motifs is 3. The molecule has 7 heteroatoms. The first-order valence-corrected chi connectivity index (χ1v) is 15.6. The Kier molecular flexibility index (Phi) is 6.80. The molecule has 7 rings (SSSR count). The third-order valence-corrected chi connectivity index (χ3v) is 9.43. The minimum Gasteiger partial charge on any atom is -0.453 e. The Balaban J connectivity index is 1.21. The summed E-state index contributed by atoms with van der Waals surface area (Å²) in [7, 11) is -3.77. The van der Waals surface area contributed by atoms with Gasteiger partial charge in [0.25, 0.3) is 0 Å². The summed E-state index contributed by atoms with van der Waals surface area (Å²) in [6.07, 6.45) is 5.38. The second kappa shape index (κ2) is 10.9. The molecule has 0 spiro atoms. The van der Waals surface area contributed by atoms with Gasteiger partial charge >= 0.3 is 0 Å². The third kappa shape index (κ3) is 4.64. The monoisotopic (exact) mass is 596 g/mol. The van der Waals surface area contributed by atoms with Crippen LogP contribution in [-0.4, -0.2) is 8.42 Å². The molecule has 2 heterocycles. The molecule has 0 fully saturated rings. The maximum Gasteiger partial charge on any atom is 0.206 e. The summed E-state index contributed by atoms with van der Waals surface area (Å²) in [4.78, 5) is 4.57. The van der Waals surface area contributed by atoms with Crippen LogP contribution in [0.3, 0.4) is 0 Å². The lowest BCUT2D eigenvalue weighted by atomic mass is 10.1. The predicted molar refractivity (Wildman–Crippen MR) is 174 cm³/mol. The molecule has 5 aromatic carbocycles. The molecule has 0 radical (unpaired) electrons. The topological polar surface area (TPSA) is 59.1 Å². The molecule has 2 aliphatic rings. The van der Waals surface area contributed by atoms with E-state index in [0.29, 0.717) is 11.5 Å². The Morgan fingerprint density at radius 3 is 1.52 bits per heavy atom. The Morgan fingerprint density at radius 1 is 0.591 bits per heavy atom. The summed E-state index contributed by atoms with van der Waals surface area (Å²) in [6, 6.07) is 37.3. The Bertz CT molecular complexity index is 2020. The van der Waals surface area contributed by atoms with Gasteiger partial charge in [-0.05, 0) is 97.9 Å². The normalized spacial score (nSPS) is 13.9. The summed E-state index contributed by atoms with van der Waals surface area (Å²) in [5.74, 6) is 2.87. The molecule has 0 aliphatic carbocycles. The molecular weight excluding hydrogens is 568 g/mol. The van der Waals surface area contributed by atoms with Crippen LogP contribution in [0.15, 0.2) is 167 Å². The molecule has 216 valence electrons. The van der Waals surface area contributed by atoms with Gasteiger partial charge < -0.3 is 19.3 Å². The van der Waals surface area contributed by atoms with E-state index in [0.717, 1.165) is 45.6 Å².